The molecular formula is C13H16F3NO2. The van der Waals surface area contributed by atoms with Crippen molar-refractivity contribution in [2.45, 2.75) is 38.6 Å². The number of rotatable bonds is 5. The van der Waals surface area contributed by atoms with Gasteiger partial charge in [-0.1, -0.05) is 12.1 Å². The number of aliphatic hydroxyl groups excluding tert-OH is 1. The number of hydrogen-bond donors (Lipinski definition) is 2. The van der Waals surface area contributed by atoms with Crippen LogP contribution in [0.2, 0.25) is 0 Å². The van der Waals surface area contributed by atoms with Crippen molar-refractivity contribution in [3.8, 4) is 0 Å². The zero-order valence-electron chi connectivity index (χ0n) is 10.5. The fraction of sp³-hybridized carbons (Fsp3) is 0.462. The fourth-order valence-corrected chi connectivity index (χ4v) is 1.44. The lowest BCUT2D eigenvalue weighted by molar-refractivity contribution is -0.137. The Morgan fingerprint density at radius 1 is 1.32 bits per heavy atom. The second-order valence-electron chi connectivity index (χ2n) is 4.36. The molecule has 2 N–H and O–H groups in total. The molecule has 1 aromatic carbocycles. The summed E-state index contributed by atoms with van der Waals surface area (Å²) in [4.78, 5) is 11.3. The molecule has 19 heavy (non-hydrogen) atoms. The normalized spacial score (nSPS) is 13.1. The number of aliphatic hydroxyl groups is 1. The van der Waals surface area contributed by atoms with E-state index in [-0.39, 0.29) is 18.9 Å². The Labute approximate surface area is 109 Å². The van der Waals surface area contributed by atoms with Gasteiger partial charge in [0.15, 0.2) is 0 Å². The van der Waals surface area contributed by atoms with Crippen molar-refractivity contribution in [1.82, 2.24) is 5.32 Å². The zero-order valence-corrected chi connectivity index (χ0v) is 10.5. The molecule has 1 aromatic rings. The third-order valence-electron chi connectivity index (χ3n) is 2.56. The summed E-state index contributed by atoms with van der Waals surface area (Å²) in [7, 11) is 0. The second kappa shape index (κ2) is 6.56. The van der Waals surface area contributed by atoms with Crippen molar-refractivity contribution in [3.05, 3.63) is 35.4 Å². The molecule has 0 saturated heterocycles. The molecule has 0 aromatic heterocycles. The van der Waals surface area contributed by atoms with Crippen molar-refractivity contribution >= 4 is 5.91 Å². The summed E-state index contributed by atoms with van der Waals surface area (Å²) in [6.07, 6.45) is -4.34. The molecule has 1 unspecified atom stereocenters. The molecule has 0 aliphatic carbocycles. The van der Waals surface area contributed by atoms with Crippen LogP contribution < -0.4 is 5.32 Å². The summed E-state index contributed by atoms with van der Waals surface area (Å²) in [6, 6.07) is 4.63. The zero-order chi connectivity index (χ0) is 14.5. The van der Waals surface area contributed by atoms with E-state index >= 15 is 0 Å². The van der Waals surface area contributed by atoms with Gasteiger partial charge < -0.3 is 10.4 Å². The fourth-order valence-electron chi connectivity index (χ4n) is 1.44. The highest BCUT2D eigenvalue weighted by atomic mass is 19.4. The van der Waals surface area contributed by atoms with Crippen LogP contribution in [0, 0.1) is 0 Å². The van der Waals surface area contributed by atoms with Crippen molar-refractivity contribution in [2.24, 2.45) is 0 Å². The first kappa shape index (κ1) is 15.5. The van der Waals surface area contributed by atoms with Crippen LogP contribution in [0.15, 0.2) is 24.3 Å². The monoisotopic (exact) mass is 275 g/mol. The molecule has 1 amide bonds. The molecule has 106 valence electrons. The van der Waals surface area contributed by atoms with Gasteiger partial charge in [-0.2, -0.15) is 13.2 Å². The number of alkyl halides is 3. The standard InChI is InChI=1S/C13H16F3NO2/c1-9(18)2-7-12(19)17-8-10-3-5-11(6-4-10)13(14,15)16/h3-6,9,18H,2,7-8H2,1H3,(H,17,19). The molecular weight excluding hydrogens is 259 g/mol. The first-order valence-corrected chi connectivity index (χ1v) is 5.90. The minimum absolute atomic E-state index is 0.177. The molecule has 0 bridgehead atoms. The first-order valence-electron chi connectivity index (χ1n) is 5.90. The molecule has 0 spiro atoms. The minimum atomic E-state index is -4.35. The van der Waals surface area contributed by atoms with Crippen LogP contribution in [0.25, 0.3) is 0 Å². The van der Waals surface area contributed by atoms with E-state index in [0.29, 0.717) is 12.0 Å². The third-order valence-corrected chi connectivity index (χ3v) is 2.56. The van der Waals surface area contributed by atoms with Gasteiger partial charge in [-0.15, -0.1) is 0 Å². The van der Waals surface area contributed by atoms with E-state index in [9.17, 15) is 18.0 Å². The smallest absolute Gasteiger partial charge is 0.393 e. The SMILES string of the molecule is CC(O)CCC(=O)NCc1ccc(C(F)(F)F)cc1. The molecule has 3 nitrogen and oxygen atoms in total. The molecule has 0 fully saturated rings. The lowest BCUT2D eigenvalue weighted by Gasteiger charge is -2.09. The molecule has 1 rings (SSSR count). The number of carbonyl (C=O) groups is 1. The number of benzene rings is 1. The average molecular weight is 275 g/mol. The van der Waals surface area contributed by atoms with E-state index in [1.54, 1.807) is 6.92 Å². The molecule has 0 aliphatic rings. The van der Waals surface area contributed by atoms with E-state index in [2.05, 4.69) is 5.32 Å². The topological polar surface area (TPSA) is 49.3 Å². The summed E-state index contributed by atoms with van der Waals surface area (Å²) >= 11 is 0. The molecule has 0 aliphatic heterocycles. The maximum atomic E-state index is 12.3. The van der Waals surface area contributed by atoms with Gasteiger partial charge in [0.25, 0.3) is 0 Å². The van der Waals surface area contributed by atoms with Gasteiger partial charge in [0, 0.05) is 13.0 Å². The quantitative estimate of drug-likeness (QED) is 0.867. The number of halogens is 3. The van der Waals surface area contributed by atoms with Gasteiger partial charge in [-0.3, -0.25) is 4.79 Å². The highest BCUT2D eigenvalue weighted by Gasteiger charge is 2.29. The average Bonchev–Trinajstić information content (AvgIpc) is 2.33. The maximum Gasteiger partial charge on any atom is 0.416 e. The van der Waals surface area contributed by atoms with Crippen LogP contribution in [0.3, 0.4) is 0 Å². The summed E-state index contributed by atoms with van der Waals surface area (Å²) in [5.74, 6) is -0.235. The van der Waals surface area contributed by atoms with Gasteiger partial charge in [0.1, 0.15) is 0 Å². The van der Waals surface area contributed by atoms with Crippen LogP contribution in [-0.4, -0.2) is 17.1 Å². The summed E-state index contributed by atoms with van der Waals surface area (Å²) in [6.45, 7) is 1.76. The highest BCUT2D eigenvalue weighted by molar-refractivity contribution is 5.75. The van der Waals surface area contributed by atoms with Crippen molar-refractivity contribution in [3.63, 3.8) is 0 Å². The van der Waals surface area contributed by atoms with Gasteiger partial charge >= 0.3 is 6.18 Å². The Bertz CT molecular complexity index is 413. The van der Waals surface area contributed by atoms with Crippen LogP contribution >= 0.6 is 0 Å². The molecule has 0 radical (unpaired) electrons. The van der Waals surface area contributed by atoms with Gasteiger partial charge in [0.2, 0.25) is 5.91 Å². The lowest BCUT2D eigenvalue weighted by atomic mass is 10.1. The number of carbonyl (C=O) groups excluding carboxylic acids is 1. The van der Waals surface area contributed by atoms with E-state index in [4.69, 9.17) is 5.11 Å². The molecule has 1 atom stereocenters. The highest BCUT2D eigenvalue weighted by Crippen LogP contribution is 2.28. The van der Waals surface area contributed by atoms with Crippen LogP contribution in [0.1, 0.15) is 30.9 Å². The Morgan fingerprint density at radius 3 is 2.37 bits per heavy atom. The largest absolute Gasteiger partial charge is 0.416 e. The van der Waals surface area contributed by atoms with Crippen molar-refractivity contribution < 1.29 is 23.1 Å². The number of amides is 1. The molecule has 0 saturated carbocycles. The van der Waals surface area contributed by atoms with Crippen molar-refractivity contribution in [1.29, 1.82) is 0 Å². The van der Waals surface area contributed by atoms with E-state index < -0.39 is 17.8 Å². The predicted molar refractivity (Wildman–Crippen MR) is 64.2 cm³/mol. The summed E-state index contributed by atoms with van der Waals surface area (Å²) in [5.41, 5.74) is -0.116. The minimum Gasteiger partial charge on any atom is -0.393 e. The van der Waals surface area contributed by atoms with Crippen LogP contribution in [0.4, 0.5) is 13.2 Å². The van der Waals surface area contributed by atoms with Gasteiger partial charge in [-0.05, 0) is 31.0 Å². The summed E-state index contributed by atoms with van der Waals surface area (Å²) < 4.78 is 36.9. The Morgan fingerprint density at radius 2 is 1.89 bits per heavy atom. The summed E-state index contributed by atoms with van der Waals surface area (Å²) in [5, 5.41) is 11.6. The lowest BCUT2D eigenvalue weighted by Crippen LogP contribution is -2.23. The van der Waals surface area contributed by atoms with E-state index in [1.807, 2.05) is 0 Å². The van der Waals surface area contributed by atoms with Gasteiger partial charge in [0.05, 0.1) is 11.7 Å². The van der Waals surface area contributed by atoms with E-state index in [1.165, 1.54) is 12.1 Å². The van der Waals surface area contributed by atoms with Crippen LogP contribution in [-0.2, 0) is 17.5 Å². The number of hydrogen-bond acceptors (Lipinski definition) is 2. The molecule has 0 heterocycles. The second-order valence-corrected chi connectivity index (χ2v) is 4.36. The third kappa shape index (κ3) is 5.74. The molecule has 6 heteroatoms. The Hall–Kier alpha value is -1.56. The Balaban J connectivity index is 2.44. The predicted octanol–water partition coefficient (Wildman–Crippen LogP) is 2.48. The van der Waals surface area contributed by atoms with Crippen molar-refractivity contribution in [2.75, 3.05) is 0 Å². The van der Waals surface area contributed by atoms with Gasteiger partial charge in [-0.25, -0.2) is 0 Å². The van der Waals surface area contributed by atoms with Crippen LogP contribution in [0.5, 0.6) is 0 Å². The Kier molecular flexibility index (Phi) is 5.35. The van der Waals surface area contributed by atoms with E-state index in [0.717, 1.165) is 12.1 Å². The maximum absolute atomic E-state index is 12.3. The first-order chi connectivity index (χ1) is 8.79. The number of nitrogens with one attached hydrogen (secondary N) is 1.